The maximum atomic E-state index is 12.6. The van der Waals surface area contributed by atoms with E-state index in [1.165, 1.54) is 30.0 Å². The van der Waals surface area contributed by atoms with Gasteiger partial charge in [-0.15, -0.1) is 11.8 Å². The number of rotatable bonds is 6. The minimum absolute atomic E-state index is 0.00632. The molecule has 0 spiro atoms. The molecule has 32 heavy (non-hydrogen) atoms. The molecule has 2 atom stereocenters. The van der Waals surface area contributed by atoms with Crippen LogP contribution in [0.4, 0.5) is 17.1 Å². The molecule has 4 rings (SSSR count). The number of anilines is 2. The molecule has 8 nitrogen and oxygen atoms in total. The molecule has 0 radical (unpaired) electrons. The quantitative estimate of drug-likeness (QED) is 0.497. The summed E-state index contributed by atoms with van der Waals surface area (Å²) < 4.78 is 5.29. The predicted molar refractivity (Wildman–Crippen MR) is 122 cm³/mol. The Hall–Kier alpha value is -3.37. The van der Waals surface area contributed by atoms with Crippen molar-refractivity contribution >= 4 is 40.6 Å². The third-order valence-electron chi connectivity index (χ3n) is 5.00. The van der Waals surface area contributed by atoms with Gasteiger partial charge in [0.1, 0.15) is 11.1 Å². The Morgan fingerprint density at radius 3 is 2.72 bits per heavy atom. The number of hydrogen-bond donors (Lipinski definition) is 3. The molecule has 1 saturated heterocycles. The maximum Gasteiger partial charge on any atom is 0.255 e. The first-order valence-electron chi connectivity index (χ1n) is 9.78. The number of nitrogens with zero attached hydrogens (tertiary/aromatic N) is 1. The number of ether oxygens (including phenoxy) is 1. The number of nitrogens with one attached hydrogen (secondary N) is 2. The highest BCUT2D eigenvalue weighted by Crippen LogP contribution is 2.42. The number of thioether (sulfide) groups is 1. The number of hydrogen-bond acceptors (Lipinski definition) is 6. The number of quaternary nitrogens is 1. The summed E-state index contributed by atoms with van der Waals surface area (Å²) >= 11 is 1.51. The second-order valence-electron chi connectivity index (χ2n) is 7.09. The van der Waals surface area contributed by atoms with E-state index in [1.807, 2.05) is 42.5 Å². The van der Waals surface area contributed by atoms with Gasteiger partial charge in [-0.25, -0.2) is 5.21 Å². The van der Waals surface area contributed by atoms with Crippen molar-refractivity contribution in [1.29, 1.82) is 0 Å². The molecule has 0 aliphatic carbocycles. The first-order chi connectivity index (χ1) is 15.5. The SMILES string of the molecule is COc1cccc(N2C(=O)CSC2c2cccc(NC(=O)c3cccc([NH+]([O-])O)c3)c2)c1. The Bertz CT molecular complexity index is 1150. The van der Waals surface area contributed by atoms with E-state index in [0.717, 1.165) is 11.3 Å². The zero-order valence-corrected chi connectivity index (χ0v) is 18.0. The molecule has 9 heteroatoms. The number of carbonyl (C=O) groups is 2. The molecular formula is C23H21N3O5S. The molecule has 0 aromatic heterocycles. The van der Waals surface area contributed by atoms with Crippen molar-refractivity contribution in [3.63, 3.8) is 0 Å². The van der Waals surface area contributed by atoms with Crippen molar-refractivity contribution < 1.29 is 24.8 Å². The van der Waals surface area contributed by atoms with Crippen LogP contribution in [0.2, 0.25) is 0 Å². The van der Waals surface area contributed by atoms with Crippen molar-refractivity contribution in [2.45, 2.75) is 5.37 Å². The van der Waals surface area contributed by atoms with Crippen molar-refractivity contribution in [1.82, 2.24) is 0 Å². The van der Waals surface area contributed by atoms with Crippen LogP contribution in [0.5, 0.6) is 5.75 Å². The van der Waals surface area contributed by atoms with E-state index in [4.69, 9.17) is 9.94 Å². The summed E-state index contributed by atoms with van der Waals surface area (Å²) in [6, 6.07) is 20.5. The van der Waals surface area contributed by atoms with Gasteiger partial charge in [-0.1, -0.05) is 24.3 Å². The van der Waals surface area contributed by atoms with Gasteiger partial charge in [-0.3, -0.25) is 14.5 Å². The monoisotopic (exact) mass is 451 g/mol. The van der Waals surface area contributed by atoms with Crippen molar-refractivity contribution in [3.05, 3.63) is 89.1 Å². The number of carbonyl (C=O) groups excluding carboxylic acids is 2. The highest BCUT2D eigenvalue weighted by Gasteiger charge is 2.34. The molecule has 2 amide bonds. The minimum atomic E-state index is -1.10. The standard InChI is InChI=1S/C23H21N3O5S/c1-31-20-10-4-8-18(13-20)25-21(27)14-32-23(25)16-6-2-7-17(11-16)24-22(28)15-5-3-9-19(12-15)26(29)30/h2-13,23,26,29H,14H2,1H3,(H,24,28). The average molecular weight is 452 g/mol. The average Bonchev–Trinajstić information content (AvgIpc) is 3.20. The predicted octanol–water partition coefficient (Wildman–Crippen LogP) is 3.13. The van der Waals surface area contributed by atoms with Gasteiger partial charge >= 0.3 is 0 Å². The highest BCUT2D eigenvalue weighted by atomic mass is 32.2. The van der Waals surface area contributed by atoms with Crippen LogP contribution in [0.1, 0.15) is 21.3 Å². The van der Waals surface area contributed by atoms with Crippen molar-refractivity contribution in [2.75, 3.05) is 23.1 Å². The largest absolute Gasteiger partial charge is 0.595 e. The Labute approximate surface area is 188 Å². The van der Waals surface area contributed by atoms with Crippen LogP contribution in [-0.2, 0) is 4.79 Å². The van der Waals surface area contributed by atoms with Crippen LogP contribution >= 0.6 is 11.8 Å². The van der Waals surface area contributed by atoms with E-state index in [2.05, 4.69) is 5.32 Å². The lowest BCUT2D eigenvalue weighted by atomic mass is 10.1. The third-order valence-corrected chi connectivity index (χ3v) is 6.21. The molecule has 3 aromatic carbocycles. The Morgan fingerprint density at radius 1 is 1.16 bits per heavy atom. The Balaban J connectivity index is 1.57. The Morgan fingerprint density at radius 2 is 1.94 bits per heavy atom. The van der Waals surface area contributed by atoms with Gasteiger partial charge in [0, 0.05) is 35.1 Å². The van der Waals surface area contributed by atoms with Gasteiger partial charge in [0.15, 0.2) is 5.69 Å². The van der Waals surface area contributed by atoms with Crippen LogP contribution in [0, 0.1) is 5.21 Å². The van der Waals surface area contributed by atoms with E-state index in [0.29, 0.717) is 17.2 Å². The third kappa shape index (κ3) is 4.61. The van der Waals surface area contributed by atoms with E-state index in [-0.39, 0.29) is 22.5 Å². The lowest BCUT2D eigenvalue weighted by Crippen LogP contribution is -2.99. The van der Waals surface area contributed by atoms with Crippen LogP contribution < -0.4 is 20.2 Å². The smallest absolute Gasteiger partial charge is 0.255 e. The van der Waals surface area contributed by atoms with E-state index in [9.17, 15) is 14.8 Å². The Kier molecular flexibility index (Phi) is 6.42. The fourth-order valence-corrected chi connectivity index (χ4v) is 4.64. The summed E-state index contributed by atoms with van der Waals surface area (Å²) in [5.74, 6) is 0.592. The van der Waals surface area contributed by atoms with Gasteiger partial charge in [-0.05, 0) is 35.9 Å². The molecule has 1 aliphatic heterocycles. The summed E-state index contributed by atoms with van der Waals surface area (Å²) in [7, 11) is 1.58. The van der Waals surface area contributed by atoms with Crippen molar-refractivity contribution in [3.8, 4) is 5.75 Å². The van der Waals surface area contributed by atoms with E-state index >= 15 is 0 Å². The van der Waals surface area contributed by atoms with Gasteiger partial charge in [0.05, 0.1) is 12.9 Å². The first-order valence-corrected chi connectivity index (χ1v) is 10.8. The molecule has 3 N–H and O–H groups in total. The summed E-state index contributed by atoms with van der Waals surface area (Å²) in [5.41, 5.74) is 2.45. The molecular weight excluding hydrogens is 430 g/mol. The molecule has 164 valence electrons. The molecule has 1 aliphatic rings. The molecule has 1 fully saturated rings. The summed E-state index contributed by atoms with van der Waals surface area (Å²) in [6.07, 6.45) is 0. The fourth-order valence-electron chi connectivity index (χ4n) is 3.48. The molecule has 3 aromatic rings. The lowest BCUT2D eigenvalue weighted by molar-refractivity contribution is -0.991. The van der Waals surface area contributed by atoms with Gasteiger partial charge in [0.2, 0.25) is 5.91 Å². The lowest BCUT2D eigenvalue weighted by Gasteiger charge is -2.25. The molecule has 1 heterocycles. The second-order valence-corrected chi connectivity index (χ2v) is 8.16. The zero-order valence-electron chi connectivity index (χ0n) is 17.1. The van der Waals surface area contributed by atoms with Gasteiger partial charge < -0.3 is 15.3 Å². The van der Waals surface area contributed by atoms with Crippen LogP contribution in [0.15, 0.2) is 72.8 Å². The number of methoxy groups -OCH3 is 1. The maximum absolute atomic E-state index is 12.6. The van der Waals surface area contributed by atoms with Gasteiger partial charge in [0.25, 0.3) is 5.91 Å². The van der Waals surface area contributed by atoms with Crippen LogP contribution in [0.25, 0.3) is 0 Å². The minimum Gasteiger partial charge on any atom is -0.595 e. The number of benzene rings is 3. The first kappa shape index (κ1) is 21.8. The summed E-state index contributed by atoms with van der Waals surface area (Å²) in [5, 5.41) is 21.8. The molecule has 0 saturated carbocycles. The fraction of sp³-hybridized carbons (Fsp3) is 0.130. The molecule has 0 bridgehead atoms. The molecule has 2 unspecified atom stereocenters. The van der Waals surface area contributed by atoms with E-state index < -0.39 is 11.1 Å². The highest BCUT2D eigenvalue weighted by molar-refractivity contribution is 8.00. The summed E-state index contributed by atoms with van der Waals surface area (Å²) in [6.45, 7) is 0. The van der Waals surface area contributed by atoms with E-state index in [1.54, 1.807) is 24.1 Å². The second kappa shape index (κ2) is 9.41. The zero-order chi connectivity index (χ0) is 22.7. The number of amides is 2. The van der Waals surface area contributed by atoms with Crippen LogP contribution in [-0.4, -0.2) is 29.9 Å². The summed E-state index contributed by atoms with van der Waals surface area (Å²) in [4.78, 5) is 27.0. The topological polar surface area (TPSA) is 106 Å². The van der Waals surface area contributed by atoms with Crippen molar-refractivity contribution in [2.24, 2.45) is 0 Å². The van der Waals surface area contributed by atoms with Gasteiger partial charge in [-0.2, -0.15) is 5.23 Å². The normalized spacial score (nSPS) is 16.7. The van der Waals surface area contributed by atoms with Crippen LogP contribution in [0.3, 0.4) is 0 Å².